The van der Waals surface area contributed by atoms with E-state index in [1.807, 2.05) is 45.0 Å². The molecule has 0 radical (unpaired) electrons. The minimum absolute atomic E-state index is 0.226. The van der Waals surface area contributed by atoms with E-state index in [2.05, 4.69) is 19.8 Å². The van der Waals surface area contributed by atoms with E-state index >= 15 is 0 Å². The molecular weight excluding hydrogens is 462 g/mol. The van der Waals surface area contributed by atoms with Gasteiger partial charge in [-0.15, -0.1) is 0 Å². The zero-order valence-electron chi connectivity index (χ0n) is 19.4. The van der Waals surface area contributed by atoms with E-state index in [9.17, 15) is 8.42 Å². The number of anilines is 1. The van der Waals surface area contributed by atoms with Crippen molar-refractivity contribution >= 4 is 26.5 Å². The first-order valence-corrected chi connectivity index (χ1v) is 12.4. The second-order valence-corrected chi connectivity index (χ2v) is 9.78. The van der Waals surface area contributed by atoms with E-state index in [0.29, 0.717) is 28.5 Å². The van der Waals surface area contributed by atoms with Crippen molar-refractivity contribution in [2.75, 3.05) is 4.72 Å². The Morgan fingerprint density at radius 1 is 0.886 bits per heavy atom. The zero-order valence-corrected chi connectivity index (χ0v) is 20.2. The average molecular weight is 486 g/mol. The fourth-order valence-corrected chi connectivity index (χ4v) is 5.09. The van der Waals surface area contributed by atoms with E-state index in [4.69, 9.17) is 4.74 Å². The quantitative estimate of drug-likeness (QED) is 0.349. The first kappa shape index (κ1) is 22.5. The fraction of sp³-hybridized carbons (Fsp3) is 0.115. The number of ether oxygens (including phenoxy) is 1. The number of fused-ring (bicyclic) bond motifs is 1. The van der Waals surface area contributed by atoms with Gasteiger partial charge in [-0.2, -0.15) is 5.10 Å². The standard InChI is InChI=1S/C26H23N5O3S/c1-17-18(2)29-31(19(17)3)25-15-26(28-16-27-25)34-22-13-11-21(12-14-22)30-35(32,33)24-10-6-8-20-7-4-5-9-23(20)24/h4-16,30H,1-3H3. The van der Waals surface area contributed by atoms with E-state index in [-0.39, 0.29) is 4.90 Å². The van der Waals surface area contributed by atoms with E-state index in [0.717, 1.165) is 22.3 Å². The van der Waals surface area contributed by atoms with Crippen LogP contribution in [0.4, 0.5) is 5.69 Å². The second kappa shape index (κ2) is 8.84. The monoisotopic (exact) mass is 485 g/mol. The van der Waals surface area contributed by atoms with Crippen LogP contribution in [0.5, 0.6) is 11.6 Å². The van der Waals surface area contributed by atoms with Gasteiger partial charge in [-0.25, -0.2) is 23.1 Å². The average Bonchev–Trinajstić information content (AvgIpc) is 3.12. The van der Waals surface area contributed by atoms with Crippen molar-refractivity contribution in [3.05, 3.63) is 96.1 Å². The minimum atomic E-state index is -3.77. The molecule has 0 amide bonds. The van der Waals surface area contributed by atoms with Gasteiger partial charge in [-0.05, 0) is 62.1 Å². The number of sulfonamides is 1. The molecule has 5 aromatic rings. The molecule has 0 unspecified atom stereocenters. The number of hydrogen-bond donors (Lipinski definition) is 1. The van der Waals surface area contributed by atoms with Crippen LogP contribution in [-0.2, 0) is 10.0 Å². The smallest absolute Gasteiger partial charge is 0.262 e. The number of hydrogen-bond acceptors (Lipinski definition) is 6. The summed E-state index contributed by atoms with van der Waals surface area (Å²) in [6, 6.07) is 20.9. The first-order valence-electron chi connectivity index (χ1n) is 11.0. The lowest BCUT2D eigenvalue weighted by Gasteiger charge is -2.11. The molecule has 2 heterocycles. The lowest BCUT2D eigenvalue weighted by Crippen LogP contribution is -2.13. The third-order valence-corrected chi connectivity index (χ3v) is 7.31. The molecule has 3 aromatic carbocycles. The van der Waals surface area contributed by atoms with Crippen molar-refractivity contribution in [3.63, 3.8) is 0 Å². The van der Waals surface area contributed by atoms with Gasteiger partial charge < -0.3 is 4.74 Å². The topological polar surface area (TPSA) is 99.0 Å². The molecule has 0 atom stereocenters. The summed E-state index contributed by atoms with van der Waals surface area (Å²) in [7, 11) is -3.77. The maximum atomic E-state index is 13.0. The van der Waals surface area contributed by atoms with Gasteiger partial charge in [0.25, 0.3) is 10.0 Å². The summed E-state index contributed by atoms with van der Waals surface area (Å²) in [5, 5.41) is 6.05. The van der Waals surface area contributed by atoms with E-state index in [1.165, 1.54) is 6.33 Å². The van der Waals surface area contributed by atoms with Crippen LogP contribution in [-0.4, -0.2) is 28.2 Å². The van der Waals surface area contributed by atoms with Gasteiger partial charge in [0.1, 0.15) is 12.1 Å². The van der Waals surface area contributed by atoms with Crippen LogP contribution in [0.15, 0.2) is 84.0 Å². The molecule has 5 rings (SSSR count). The molecule has 1 N–H and O–H groups in total. The van der Waals surface area contributed by atoms with E-state index in [1.54, 1.807) is 53.2 Å². The Morgan fingerprint density at radius 2 is 1.63 bits per heavy atom. The first-order chi connectivity index (χ1) is 16.8. The molecule has 0 bridgehead atoms. The summed E-state index contributed by atoms with van der Waals surface area (Å²) in [6.45, 7) is 5.95. The molecule has 0 saturated heterocycles. The Balaban J connectivity index is 1.35. The molecule has 0 aliphatic rings. The number of aryl methyl sites for hydroxylation is 1. The molecule has 176 valence electrons. The summed E-state index contributed by atoms with van der Waals surface area (Å²) in [5.41, 5.74) is 3.46. The highest BCUT2D eigenvalue weighted by molar-refractivity contribution is 7.93. The van der Waals surface area contributed by atoms with Gasteiger partial charge in [0.15, 0.2) is 5.82 Å². The molecular formula is C26H23N5O3S. The summed E-state index contributed by atoms with van der Waals surface area (Å²) < 4.78 is 36.4. The van der Waals surface area contributed by atoms with Gasteiger partial charge in [-0.3, -0.25) is 4.72 Å². The molecule has 8 nitrogen and oxygen atoms in total. The fourth-order valence-electron chi connectivity index (χ4n) is 3.80. The van der Waals surface area contributed by atoms with Crippen LogP contribution in [0.1, 0.15) is 17.0 Å². The summed E-state index contributed by atoms with van der Waals surface area (Å²) in [5.74, 6) is 1.46. The van der Waals surface area contributed by atoms with Crippen molar-refractivity contribution in [1.82, 2.24) is 19.7 Å². The Hall–Kier alpha value is -4.24. The largest absolute Gasteiger partial charge is 0.439 e. The predicted molar refractivity (Wildman–Crippen MR) is 135 cm³/mol. The van der Waals surface area contributed by atoms with Gasteiger partial charge in [0, 0.05) is 22.8 Å². The van der Waals surface area contributed by atoms with Gasteiger partial charge in [-0.1, -0.05) is 36.4 Å². The number of nitrogens with zero attached hydrogens (tertiary/aromatic N) is 4. The second-order valence-electron chi connectivity index (χ2n) is 8.13. The Labute approximate surface area is 203 Å². The van der Waals surface area contributed by atoms with Gasteiger partial charge in [0.2, 0.25) is 5.88 Å². The highest BCUT2D eigenvalue weighted by atomic mass is 32.2. The Kier molecular flexibility index (Phi) is 5.70. The molecule has 0 saturated carbocycles. The number of nitrogens with one attached hydrogen (secondary N) is 1. The van der Waals surface area contributed by atoms with Crippen LogP contribution in [0.25, 0.3) is 16.6 Å². The van der Waals surface area contributed by atoms with E-state index < -0.39 is 10.0 Å². The van der Waals surface area contributed by atoms with Crippen LogP contribution in [0.3, 0.4) is 0 Å². The Morgan fingerprint density at radius 3 is 2.37 bits per heavy atom. The minimum Gasteiger partial charge on any atom is -0.439 e. The SMILES string of the molecule is Cc1nn(-c2cc(Oc3ccc(NS(=O)(=O)c4cccc5ccccc45)cc3)ncn2)c(C)c1C. The number of rotatable bonds is 6. The summed E-state index contributed by atoms with van der Waals surface area (Å²) in [6.07, 6.45) is 1.42. The molecule has 35 heavy (non-hydrogen) atoms. The highest BCUT2D eigenvalue weighted by Crippen LogP contribution is 2.27. The van der Waals surface area contributed by atoms with Crippen molar-refractivity contribution < 1.29 is 13.2 Å². The van der Waals surface area contributed by atoms with Crippen LogP contribution in [0.2, 0.25) is 0 Å². The normalized spacial score (nSPS) is 11.5. The predicted octanol–water partition coefficient (Wildman–Crippen LogP) is 5.33. The lowest BCUT2D eigenvalue weighted by molar-refractivity contribution is 0.460. The molecule has 2 aromatic heterocycles. The lowest BCUT2D eigenvalue weighted by atomic mass is 10.1. The zero-order chi connectivity index (χ0) is 24.6. The third-order valence-electron chi connectivity index (χ3n) is 5.87. The molecule has 0 aliphatic heterocycles. The molecule has 0 spiro atoms. The van der Waals surface area contributed by atoms with Gasteiger partial charge >= 0.3 is 0 Å². The van der Waals surface area contributed by atoms with Crippen molar-refractivity contribution in [3.8, 4) is 17.4 Å². The van der Waals surface area contributed by atoms with Crippen molar-refractivity contribution in [2.45, 2.75) is 25.7 Å². The maximum Gasteiger partial charge on any atom is 0.262 e. The summed E-state index contributed by atoms with van der Waals surface area (Å²) >= 11 is 0. The number of aromatic nitrogens is 4. The molecule has 9 heteroatoms. The summed E-state index contributed by atoms with van der Waals surface area (Å²) in [4.78, 5) is 8.71. The molecule has 0 fully saturated rings. The maximum absolute atomic E-state index is 13.0. The Bertz CT molecular complexity index is 1640. The van der Waals surface area contributed by atoms with Crippen LogP contribution < -0.4 is 9.46 Å². The van der Waals surface area contributed by atoms with Crippen LogP contribution in [0, 0.1) is 20.8 Å². The third kappa shape index (κ3) is 4.45. The highest BCUT2D eigenvalue weighted by Gasteiger charge is 2.17. The number of benzene rings is 3. The van der Waals surface area contributed by atoms with Crippen molar-refractivity contribution in [2.24, 2.45) is 0 Å². The van der Waals surface area contributed by atoms with Crippen LogP contribution >= 0.6 is 0 Å². The molecule has 0 aliphatic carbocycles. The van der Waals surface area contributed by atoms with Crippen molar-refractivity contribution in [1.29, 1.82) is 0 Å². The van der Waals surface area contributed by atoms with Gasteiger partial charge in [0.05, 0.1) is 10.6 Å².